The molecule has 2 amide bonds. The summed E-state index contributed by atoms with van der Waals surface area (Å²) in [4.78, 5) is 26.4. The van der Waals surface area contributed by atoms with Crippen LogP contribution in [0.25, 0.3) is 0 Å². The Labute approximate surface area is 115 Å². The fraction of sp³-hybridized carbons (Fsp3) is 0.867. The predicted octanol–water partition coefficient (Wildman–Crippen LogP) is 1.79. The van der Waals surface area contributed by atoms with Gasteiger partial charge >= 0.3 is 0 Å². The van der Waals surface area contributed by atoms with Crippen molar-refractivity contribution in [2.24, 2.45) is 17.3 Å². The fourth-order valence-corrected chi connectivity index (χ4v) is 2.43. The Bertz CT molecular complexity index is 386. The van der Waals surface area contributed by atoms with E-state index in [9.17, 15) is 9.59 Å². The maximum absolute atomic E-state index is 12.6. The number of nitrogens with zero attached hydrogens (tertiary/aromatic N) is 1. The van der Waals surface area contributed by atoms with Crippen LogP contribution in [0.5, 0.6) is 0 Å². The average molecular weight is 266 g/mol. The van der Waals surface area contributed by atoms with Crippen LogP contribution < -0.4 is 5.32 Å². The molecule has 1 saturated carbocycles. The third kappa shape index (κ3) is 2.77. The van der Waals surface area contributed by atoms with Crippen molar-refractivity contribution >= 4 is 11.8 Å². The molecule has 2 rings (SSSR count). The van der Waals surface area contributed by atoms with Crippen LogP contribution in [-0.4, -0.2) is 35.3 Å². The summed E-state index contributed by atoms with van der Waals surface area (Å²) in [7, 11) is 0. The van der Waals surface area contributed by atoms with Gasteiger partial charge in [-0.1, -0.05) is 27.7 Å². The van der Waals surface area contributed by atoms with E-state index < -0.39 is 0 Å². The molecule has 0 aromatic carbocycles. The lowest BCUT2D eigenvalue weighted by Gasteiger charge is -2.43. The first-order chi connectivity index (χ1) is 8.74. The molecule has 0 radical (unpaired) electrons. The molecule has 0 aromatic rings. The van der Waals surface area contributed by atoms with Crippen LogP contribution in [0, 0.1) is 17.3 Å². The van der Waals surface area contributed by atoms with Gasteiger partial charge in [-0.15, -0.1) is 0 Å². The van der Waals surface area contributed by atoms with Gasteiger partial charge in [0.1, 0.15) is 12.1 Å². The molecule has 4 nitrogen and oxygen atoms in total. The highest BCUT2D eigenvalue weighted by Crippen LogP contribution is 2.36. The number of carbonyl (C=O) groups excluding carboxylic acids is 2. The topological polar surface area (TPSA) is 49.4 Å². The van der Waals surface area contributed by atoms with Crippen molar-refractivity contribution < 1.29 is 9.59 Å². The quantitative estimate of drug-likeness (QED) is 0.843. The third-order valence-electron chi connectivity index (χ3n) is 4.93. The van der Waals surface area contributed by atoms with Gasteiger partial charge in [0.2, 0.25) is 11.8 Å². The molecule has 2 unspecified atom stereocenters. The summed E-state index contributed by atoms with van der Waals surface area (Å²) < 4.78 is 0. The predicted molar refractivity (Wildman–Crippen MR) is 74.4 cm³/mol. The molecule has 1 saturated heterocycles. The second-order valence-electron chi connectivity index (χ2n) is 7.11. The molecule has 1 aliphatic carbocycles. The molecule has 19 heavy (non-hydrogen) atoms. The molecule has 0 aromatic heterocycles. The zero-order valence-corrected chi connectivity index (χ0v) is 12.7. The van der Waals surface area contributed by atoms with Gasteiger partial charge in [0.25, 0.3) is 0 Å². The molecule has 2 fully saturated rings. The van der Waals surface area contributed by atoms with Crippen LogP contribution in [0.1, 0.15) is 47.5 Å². The second-order valence-corrected chi connectivity index (χ2v) is 7.11. The highest BCUT2D eigenvalue weighted by Gasteiger charge is 2.46. The summed E-state index contributed by atoms with van der Waals surface area (Å²) in [6, 6.07) is -0.618. The molecule has 1 N–H and O–H groups in total. The van der Waals surface area contributed by atoms with Crippen molar-refractivity contribution in [1.82, 2.24) is 10.2 Å². The second kappa shape index (κ2) is 4.80. The van der Waals surface area contributed by atoms with Gasteiger partial charge in [0.05, 0.1) is 0 Å². The Kier molecular flexibility index (Phi) is 3.63. The normalized spacial score (nSPS) is 28.8. The van der Waals surface area contributed by atoms with E-state index in [1.165, 1.54) is 0 Å². The molecule has 1 aliphatic heterocycles. The zero-order valence-electron chi connectivity index (χ0n) is 12.7. The first-order valence-corrected chi connectivity index (χ1v) is 7.35. The van der Waals surface area contributed by atoms with Crippen LogP contribution in [0.4, 0.5) is 0 Å². The maximum atomic E-state index is 12.6. The van der Waals surface area contributed by atoms with E-state index in [4.69, 9.17) is 0 Å². The van der Waals surface area contributed by atoms with Crippen LogP contribution >= 0.6 is 0 Å². The van der Waals surface area contributed by atoms with Gasteiger partial charge in [0.15, 0.2) is 0 Å². The van der Waals surface area contributed by atoms with E-state index in [2.05, 4.69) is 33.0 Å². The number of rotatable bonds is 4. The SMILES string of the molecule is CC1C(=O)NC(C2CC2)C(=O)N1CC(C)(C)C(C)C. The smallest absolute Gasteiger partial charge is 0.246 e. The highest BCUT2D eigenvalue weighted by molar-refractivity contribution is 5.97. The Morgan fingerprint density at radius 3 is 2.37 bits per heavy atom. The van der Waals surface area contributed by atoms with Gasteiger partial charge in [-0.3, -0.25) is 9.59 Å². The van der Waals surface area contributed by atoms with E-state index in [0.717, 1.165) is 12.8 Å². The van der Waals surface area contributed by atoms with Gasteiger partial charge in [-0.2, -0.15) is 0 Å². The molecule has 0 spiro atoms. The van der Waals surface area contributed by atoms with E-state index >= 15 is 0 Å². The van der Waals surface area contributed by atoms with Crippen LogP contribution in [0.2, 0.25) is 0 Å². The minimum atomic E-state index is -0.347. The van der Waals surface area contributed by atoms with Crippen molar-refractivity contribution in [1.29, 1.82) is 0 Å². The average Bonchev–Trinajstić information content (AvgIpc) is 3.13. The maximum Gasteiger partial charge on any atom is 0.246 e. The van der Waals surface area contributed by atoms with Gasteiger partial charge in [-0.25, -0.2) is 0 Å². The van der Waals surface area contributed by atoms with Crippen molar-refractivity contribution in [2.75, 3.05) is 6.54 Å². The lowest BCUT2D eigenvalue weighted by atomic mass is 9.80. The van der Waals surface area contributed by atoms with Crippen molar-refractivity contribution in [3.8, 4) is 0 Å². The first-order valence-electron chi connectivity index (χ1n) is 7.35. The summed E-state index contributed by atoms with van der Waals surface area (Å²) in [5, 5.41) is 2.89. The molecule has 4 heteroatoms. The summed E-state index contributed by atoms with van der Waals surface area (Å²) in [5.74, 6) is 0.949. The number of hydrogen-bond donors (Lipinski definition) is 1. The number of piperazine rings is 1. The summed E-state index contributed by atoms with van der Waals surface area (Å²) in [6.45, 7) is 11.1. The minimum absolute atomic E-state index is 0.00365. The number of nitrogens with one attached hydrogen (secondary N) is 1. The molecule has 0 bridgehead atoms. The Balaban J connectivity index is 2.15. The summed E-state index contributed by atoms with van der Waals surface area (Å²) >= 11 is 0. The van der Waals surface area contributed by atoms with Crippen LogP contribution in [0.15, 0.2) is 0 Å². The Morgan fingerprint density at radius 2 is 1.89 bits per heavy atom. The van der Waals surface area contributed by atoms with E-state index in [0.29, 0.717) is 18.4 Å². The molecular formula is C15H26N2O2. The van der Waals surface area contributed by atoms with Gasteiger partial charge in [-0.05, 0) is 37.0 Å². The van der Waals surface area contributed by atoms with E-state index in [1.54, 1.807) is 4.90 Å². The lowest BCUT2D eigenvalue weighted by molar-refractivity contribution is -0.151. The molecule has 2 atom stereocenters. The zero-order chi connectivity index (χ0) is 14.4. The van der Waals surface area contributed by atoms with E-state index in [-0.39, 0.29) is 29.3 Å². The fourth-order valence-electron chi connectivity index (χ4n) is 2.43. The molecular weight excluding hydrogens is 240 g/mol. The lowest BCUT2D eigenvalue weighted by Crippen LogP contribution is -2.64. The summed E-state index contributed by atoms with van der Waals surface area (Å²) in [6.07, 6.45) is 2.12. The van der Waals surface area contributed by atoms with Gasteiger partial charge < -0.3 is 10.2 Å². The molecule has 2 aliphatic rings. The van der Waals surface area contributed by atoms with Crippen LogP contribution in [0.3, 0.4) is 0 Å². The summed E-state index contributed by atoms with van der Waals surface area (Å²) in [5.41, 5.74) is 0.0235. The minimum Gasteiger partial charge on any atom is -0.342 e. The Hall–Kier alpha value is -1.06. The standard InChI is InChI=1S/C15H26N2O2/c1-9(2)15(4,5)8-17-10(3)13(18)16-12(14(17)19)11-6-7-11/h9-12H,6-8H2,1-5H3,(H,16,18). The highest BCUT2D eigenvalue weighted by atomic mass is 16.2. The monoisotopic (exact) mass is 266 g/mol. The van der Waals surface area contributed by atoms with Crippen molar-refractivity contribution in [3.05, 3.63) is 0 Å². The third-order valence-corrected chi connectivity index (χ3v) is 4.93. The van der Waals surface area contributed by atoms with Crippen molar-refractivity contribution in [2.45, 2.75) is 59.5 Å². The molecule has 1 heterocycles. The Morgan fingerprint density at radius 1 is 1.32 bits per heavy atom. The van der Waals surface area contributed by atoms with Crippen molar-refractivity contribution in [3.63, 3.8) is 0 Å². The van der Waals surface area contributed by atoms with E-state index in [1.807, 2.05) is 6.92 Å². The number of carbonyl (C=O) groups is 2. The number of hydrogen-bond acceptors (Lipinski definition) is 2. The molecule has 108 valence electrons. The number of amides is 2. The largest absolute Gasteiger partial charge is 0.342 e. The first kappa shape index (κ1) is 14.4. The van der Waals surface area contributed by atoms with Gasteiger partial charge in [0, 0.05) is 6.54 Å². The van der Waals surface area contributed by atoms with Crippen LogP contribution in [-0.2, 0) is 9.59 Å².